The van der Waals surface area contributed by atoms with Crippen LogP contribution in [0.3, 0.4) is 0 Å². The van der Waals surface area contributed by atoms with Gasteiger partial charge >= 0.3 is 66.4 Å². The summed E-state index contributed by atoms with van der Waals surface area (Å²) in [7, 11) is -1.56. The van der Waals surface area contributed by atoms with Gasteiger partial charge in [-0.3, -0.25) is 14.4 Å². The van der Waals surface area contributed by atoms with Crippen molar-refractivity contribution in [3.8, 4) is 36.0 Å². The number of halogens is 6. The highest BCUT2D eigenvalue weighted by atomic mass is 28.3. The second kappa shape index (κ2) is 35.4. The molecule has 2 rings (SSSR count). The van der Waals surface area contributed by atoms with E-state index in [1.807, 2.05) is 5.92 Å². The number of nitrogens with one attached hydrogen (secondary N) is 2. The topological polar surface area (TPSA) is 277 Å². The minimum absolute atomic E-state index is 0. The molecule has 0 bridgehead atoms. The van der Waals surface area contributed by atoms with Gasteiger partial charge in [0, 0.05) is 27.3 Å². The van der Waals surface area contributed by atoms with Crippen molar-refractivity contribution < 1.29 is 108 Å². The van der Waals surface area contributed by atoms with Crippen LogP contribution in [0.2, 0.25) is 25.7 Å². The Balaban J connectivity index is 0. The zero-order valence-electron chi connectivity index (χ0n) is 54.3. The molecular weight excluding hydrogens is 1210 g/mol. The maximum atomic E-state index is 13.2. The molecule has 90 heavy (non-hydrogen) atoms. The van der Waals surface area contributed by atoms with E-state index in [0.29, 0.717) is 60.8 Å². The monoisotopic (exact) mass is 1310 g/mol. The van der Waals surface area contributed by atoms with Gasteiger partial charge in [-0.25, -0.2) is 33.6 Å². The number of unbranched alkanes of at least 4 members (excludes halogenated alkanes) is 6. The number of carboxylic acids is 1. The highest BCUT2D eigenvalue weighted by molar-refractivity contribution is 6.76. The number of Topliss-reactive ketones (excluding diaryl/α,β-unsaturated/α-hetero) is 1. The molecule has 3 N–H and O–H groups in total. The van der Waals surface area contributed by atoms with Gasteiger partial charge in [0.15, 0.2) is 11.3 Å². The average molecular weight is 1310 g/mol. The minimum atomic E-state index is -5.18. The van der Waals surface area contributed by atoms with Crippen molar-refractivity contribution in [1.29, 1.82) is 0 Å². The number of nitrogens with zero attached hydrogens (tertiary/aromatic N) is 2. The average Bonchev–Trinajstić information content (AvgIpc) is 1.57. The number of aliphatic carboxylic acids is 1. The number of hydrogen-bond acceptors (Lipinski definition) is 16. The maximum Gasteiger partial charge on any atom is 0.471 e. The number of carbonyl (C=O) groups excluding carboxylic acids is 9. The summed E-state index contributed by atoms with van der Waals surface area (Å²) in [5.74, 6) is 3.97. The van der Waals surface area contributed by atoms with Crippen molar-refractivity contribution in [2.45, 2.75) is 265 Å². The third-order valence-electron chi connectivity index (χ3n) is 12.2. The Hall–Kier alpha value is -7.15. The zero-order valence-corrected chi connectivity index (χ0v) is 55.3. The predicted octanol–water partition coefficient (Wildman–Crippen LogP) is 12.0. The molecule has 0 unspecified atom stereocenters. The summed E-state index contributed by atoms with van der Waals surface area (Å²) in [5.41, 5.74) is -7.14. The molecule has 2 aliphatic rings. The van der Waals surface area contributed by atoms with Crippen LogP contribution >= 0.6 is 0 Å². The standard InChI is InChI=1S/C32H51F3N2O9Si.C26H37F3N2O8.C3H3.CH4/c1-11-43-26(40)31(37(27(41)45-29(2,3)4)28(42)46-30(5,6)7)21-22(31)17-15-13-12-14-16-18-23(36-25(39)32(33,34)35)24(38)44-19-20-47(8,9)10;1-16(32)25(31(21(36)38-23(2,3)4)22(37)39-24(5,6)7)15-17(25)13-11-9-8-10-12-14-18(19(33)34)30-20(35)26(27,28)29;1-3-2;/h22-23H,11-14,16,18-21H2,1-10H3,(H,36,39);17-18H,8-10,12,14-15H2,1-7H3,(H,30,35)(H,33,34);1H,2H2;1H4/q;;-1;/t22-,23+,31-;17-,18+,25+;;/m11../s1. The van der Waals surface area contributed by atoms with Gasteiger partial charge in [0.05, 0.1) is 25.0 Å². The number of alkyl halides is 6. The van der Waals surface area contributed by atoms with E-state index in [-0.39, 0.29) is 52.7 Å². The van der Waals surface area contributed by atoms with E-state index in [2.05, 4.69) is 56.7 Å². The lowest BCUT2D eigenvalue weighted by Gasteiger charge is -2.32. The molecule has 6 amide bonds. The Morgan fingerprint density at radius 3 is 1.26 bits per heavy atom. The minimum Gasteiger partial charge on any atom is -0.480 e. The quantitative estimate of drug-likeness (QED) is 0.0173. The Morgan fingerprint density at radius 2 is 0.933 bits per heavy atom. The number of esters is 2. The van der Waals surface area contributed by atoms with Crippen molar-refractivity contribution in [2.24, 2.45) is 11.8 Å². The first-order valence-electron chi connectivity index (χ1n) is 28.9. The molecule has 512 valence electrons. The molecule has 0 spiro atoms. The summed E-state index contributed by atoms with van der Waals surface area (Å²) in [5, 5.41) is 12.2. The molecule has 0 aromatic rings. The third kappa shape index (κ3) is 31.0. The van der Waals surface area contributed by atoms with Gasteiger partial charge in [-0.1, -0.05) is 64.6 Å². The van der Waals surface area contributed by atoms with Gasteiger partial charge in [0.1, 0.15) is 40.0 Å². The Bertz CT molecular complexity index is 2600. The summed E-state index contributed by atoms with van der Waals surface area (Å²) in [4.78, 5) is 126. The molecule has 28 heteroatoms. The van der Waals surface area contributed by atoms with Gasteiger partial charge in [0.2, 0.25) is 0 Å². The maximum absolute atomic E-state index is 13.2. The van der Waals surface area contributed by atoms with Crippen LogP contribution in [0.15, 0.2) is 0 Å². The first-order valence-corrected chi connectivity index (χ1v) is 32.6. The molecule has 0 radical (unpaired) electrons. The smallest absolute Gasteiger partial charge is 0.471 e. The molecule has 2 saturated carbocycles. The van der Waals surface area contributed by atoms with E-state index in [1.165, 1.54) is 12.2 Å². The second-order valence-corrected chi connectivity index (χ2v) is 31.8. The fourth-order valence-corrected chi connectivity index (χ4v) is 8.62. The number of ether oxygens (including phenoxy) is 6. The molecule has 6 atom stereocenters. The third-order valence-corrected chi connectivity index (χ3v) is 13.9. The largest absolute Gasteiger partial charge is 0.480 e. The van der Waals surface area contributed by atoms with Crippen molar-refractivity contribution in [3.05, 3.63) is 6.92 Å². The molecule has 0 aromatic heterocycles. The lowest BCUT2D eigenvalue weighted by Crippen LogP contribution is -2.55. The molecule has 0 heterocycles. The number of terminal acetylenes is 1. The van der Waals surface area contributed by atoms with Crippen LogP contribution in [0.1, 0.15) is 181 Å². The fourth-order valence-electron chi connectivity index (χ4n) is 7.90. The molecule has 0 saturated heterocycles. The molecule has 0 aromatic carbocycles. The molecule has 2 fully saturated rings. The number of rotatable bonds is 22. The normalized spacial score (nSPS) is 18.2. The zero-order chi connectivity index (χ0) is 69.5. The number of ketones is 1. The molecule has 0 aliphatic heterocycles. The van der Waals surface area contributed by atoms with Crippen molar-refractivity contribution in [1.82, 2.24) is 20.4 Å². The fraction of sp³-hybridized carbons (Fsp3) is 0.726. The highest BCUT2D eigenvalue weighted by Gasteiger charge is 2.70. The summed E-state index contributed by atoms with van der Waals surface area (Å²) < 4.78 is 108. The second-order valence-electron chi connectivity index (χ2n) is 26.1. The SMILES string of the molecule is C.C#C[CH2-].CC(=O)[C@@]1(N(C(=O)OC(C)(C)C)C(=O)OC(C)(C)C)C[C@H]1C#CCCCCC[C@H](NC(=O)C(F)(F)F)C(=O)O.CCOC(=O)[C@@]1(N(C(=O)OC(C)(C)C)C(=O)OC(C)(C)C)C[C@H]1C#CCCCCC[C@H](NC(=O)C(F)(F)F)C(=O)OCC[Si](C)(C)C. The Kier molecular flexibility index (Phi) is 33.4. The summed E-state index contributed by atoms with van der Waals surface area (Å²) in [6.45, 7) is 31.5. The van der Waals surface area contributed by atoms with Gasteiger partial charge in [-0.2, -0.15) is 43.1 Å². The van der Waals surface area contributed by atoms with Gasteiger partial charge < -0.3 is 56.5 Å². The number of imide groups is 2. The van der Waals surface area contributed by atoms with E-state index in [9.17, 15) is 74.3 Å². The molecular formula is C62H95F6N4O17Si-. The van der Waals surface area contributed by atoms with Crippen molar-refractivity contribution in [2.75, 3.05) is 13.2 Å². The Morgan fingerprint density at radius 1 is 0.600 bits per heavy atom. The summed E-state index contributed by atoms with van der Waals surface area (Å²) in [6.07, 6.45) is -7.18. The highest BCUT2D eigenvalue weighted by Crippen LogP contribution is 2.51. The summed E-state index contributed by atoms with van der Waals surface area (Å²) in [6, 6.07) is -2.48. The molecule has 2 aliphatic carbocycles. The van der Waals surface area contributed by atoms with Gasteiger partial charge in [-0.15, -0.1) is 11.8 Å². The van der Waals surface area contributed by atoms with Crippen LogP contribution in [0.25, 0.3) is 0 Å². The van der Waals surface area contributed by atoms with E-state index >= 15 is 0 Å². The number of carbonyl (C=O) groups is 10. The van der Waals surface area contributed by atoms with Gasteiger partial charge in [0.25, 0.3) is 0 Å². The summed E-state index contributed by atoms with van der Waals surface area (Å²) >= 11 is 0. The first kappa shape index (κ1) is 84.9. The Labute approximate surface area is 527 Å². The lowest BCUT2D eigenvalue weighted by atomic mass is 10.1. The van der Waals surface area contributed by atoms with E-state index in [1.54, 1.807) is 95.3 Å². The van der Waals surface area contributed by atoms with Crippen molar-refractivity contribution >= 4 is 68.0 Å². The van der Waals surface area contributed by atoms with Crippen LogP contribution < -0.4 is 10.6 Å². The van der Waals surface area contributed by atoms with Crippen LogP contribution in [-0.2, 0) is 57.2 Å². The predicted molar refractivity (Wildman–Crippen MR) is 323 cm³/mol. The van der Waals surface area contributed by atoms with E-state index < -0.39 is 138 Å². The van der Waals surface area contributed by atoms with Gasteiger partial charge in [-0.05, 0) is 135 Å². The number of amides is 6. The van der Waals surface area contributed by atoms with Crippen LogP contribution in [0, 0.1) is 54.8 Å². The van der Waals surface area contributed by atoms with Crippen molar-refractivity contribution in [3.63, 3.8) is 0 Å². The van der Waals surface area contributed by atoms with E-state index in [4.69, 9.17) is 33.5 Å². The van der Waals surface area contributed by atoms with Crippen LogP contribution in [-0.4, -0.2) is 154 Å². The van der Waals surface area contributed by atoms with Crippen LogP contribution in [0.4, 0.5) is 45.5 Å². The lowest BCUT2D eigenvalue weighted by molar-refractivity contribution is -0.176. The number of hydrogen-bond donors (Lipinski definition) is 3. The first-order chi connectivity index (χ1) is 40.4. The van der Waals surface area contributed by atoms with Crippen LogP contribution in [0.5, 0.6) is 0 Å². The molecule has 21 nitrogen and oxygen atoms in total. The number of carboxylic acid groups (broad SMARTS) is 1. The van der Waals surface area contributed by atoms with E-state index in [0.717, 1.165) is 0 Å².